The van der Waals surface area contributed by atoms with Gasteiger partial charge in [0.25, 0.3) is 0 Å². The molecule has 5 heteroatoms. The van der Waals surface area contributed by atoms with Gasteiger partial charge in [-0.15, -0.1) is 5.10 Å². The largest absolute Gasteiger partial charge is 0.383 e. The minimum absolute atomic E-state index is 0.708. The quantitative estimate of drug-likeness (QED) is 0.771. The molecule has 5 nitrogen and oxygen atoms in total. The second-order valence-corrected chi connectivity index (χ2v) is 3.56. The fourth-order valence-corrected chi connectivity index (χ4v) is 1.27. The van der Waals surface area contributed by atoms with Crippen LogP contribution in [-0.2, 0) is 0 Å². The molecule has 0 bridgehead atoms. The van der Waals surface area contributed by atoms with Crippen molar-refractivity contribution in [2.75, 3.05) is 14.1 Å². The van der Waals surface area contributed by atoms with Gasteiger partial charge in [-0.2, -0.15) is 4.68 Å². The van der Waals surface area contributed by atoms with E-state index in [2.05, 4.69) is 15.5 Å². The number of rotatable bonds is 3. The molecule has 0 aliphatic rings. The van der Waals surface area contributed by atoms with Crippen molar-refractivity contribution in [2.45, 2.75) is 0 Å². The van der Waals surface area contributed by atoms with Gasteiger partial charge in [0, 0.05) is 26.4 Å². The number of hydrogen-bond acceptors (Lipinski definition) is 4. The van der Waals surface area contributed by atoms with Crippen molar-refractivity contribution in [3.63, 3.8) is 0 Å². The highest BCUT2D eigenvalue weighted by molar-refractivity contribution is 5.43. The summed E-state index contributed by atoms with van der Waals surface area (Å²) in [5, 5.41) is 11.6. The molecule has 0 amide bonds. The van der Waals surface area contributed by atoms with Crippen molar-refractivity contribution in [2.24, 2.45) is 0 Å². The van der Waals surface area contributed by atoms with Crippen molar-refractivity contribution in [3.05, 3.63) is 42.4 Å². The van der Waals surface area contributed by atoms with Crippen molar-refractivity contribution >= 4 is 6.08 Å². The summed E-state index contributed by atoms with van der Waals surface area (Å²) < 4.78 is 1.69. The fourth-order valence-electron chi connectivity index (χ4n) is 1.27. The standard InChI is InChI=1S/C11H13N5/c1-15(2)9-8-11-12-13-14-16(11)10-6-4-3-5-7-10/h3-9H,1-2H3/b9-8-. The molecule has 0 aliphatic carbocycles. The highest BCUT2D eigenvalue weighted by atomic mass is 15.5. The van der Waals surface area contributed by atoms with Crippen molar-refractivity contribution in [1.82, 2.24) is 25.1 Å². The van der Waals surface area contributed by atoms with E-state index < -0.39 is 0 Å². The monoisotopic (exact) mass is 215 g/mol. The van der Waals surface area contributed by atoms with E-state index in [1.54, 1.807) is 4.68 Å². The maximum absolute atomic E-state index is 3.95. The van der Waals surface area contributed by atoms with E-state index in [-0.39, 0.29) is 0 Å². The Balaban J connectivity index is 2.33. The molecule has 0 atom stereocenters. The Morgan fingerprint density at radius 2 is 1.94 bits per heavy atom. The molecule has 0 aliphatic heterocycles. The van der Waals surface area contributed by atoms with Crippen molar-refractivity contribution < 1.29 is 0 Å². The zero-order valence-corrected chi connectivity index (χ0v) is 9.28. The van der Waals surface area contributed by atoms with Crippen LogP contribution in [0.3, 0.4) is 0 Å². The van der Waals surface area contributed by atoms with Crippen LogP contribution < -0.4 is 0 Å². The van der Waals surface area contributed by atoms with E-state index in [1.807, 2.05) is 61.6 Å². The molecule has 16 heavy (non-hydrogen) atoms. The summed E-state index contributed by atoms with van der Waals surface area (Å²) in [5.74, 6) is 0.708. The molecule has 0 radical (unpaired) electrons. The van der Waals surface area contributed by atoms with Crippen LogP contribution in [0.25, 0.3) is 11.8 Å². The number of para-hydroxylation sites is 1. The SMILES string of the molecule is CN(C)/C=C\c1nnnn1-c1ccccc1. The molecule has 0 saturated carbocycles. The third-order valence-electron chi connectivity index (χ3n) is 2.02. The van der Waals surface area contributed by atoms with Crippen LogP contribution in [0.1, 0.15) is 5.82 Å². The topological polar surface area (TPSA) is 46.8 Å². The summed E-state index contributed by atoms with van der Waals surface area (Å²) in [5.41, 5.74) is 0.950. The average molecular weight is 215 g/mol. The van der Waals surface area contributed by atoms with E-state index in [0.717, 1.165) is 5.69 Å². The average Bonchev–Trinajstić information content (AvgIpc) is 2.75. The minimum Gasteiger partial charge on any atom is -0.383 e. The summed E-state index contributed by atoms with van der Waals surface area (Å²) in [6.45, 7) is 0. The van der Waals surface area contributed by atoms with Gasteiger partial charge in [0.1, 0.15) is 0 Å². The second kappa shape index (κ2) is 4.57. The molecule has 82 valence electrons. The van der Waals surface area contributed by atoms with Crippen molar-refractivity contribution in [3.8, 4) is 5.69 Å². The zero-order valence-electron chi connectivity index (χ0n) is 9.28. The molecule has 0 N–H and O–H groups in total. The summed E-state index contributed by atoms with van der Waals surface area (Å²) >= 11 is 0. The lowest BCUT2D eigenvalue weighted by Gasteiger charge is -2.03. The van der Waals surface area contributed by atoms with Gasteiger partial charge in [0.15, 0.2) is 5.82 Å². The van der Waals surface area contributed by atoms with E-state index in [0.29, 0.717) is 5.82 Å². The third-order valence-corrected chi connectivity index (χ3v) is 2.02. The lowest BCUT2D eigenvalue weighted by Crippen LogP contribution is -2.02. The molecule has 1 aromatic carbocycles. The van der Waals surface area contributed by atoms with E-state index >= 15 is 0 Å². The Kier molecular flexibility index (Phi) is 2.95. The van der Waals surface area contributed by atoms with Gasteiger partial charge in [0.05, 0.1) is 5.69 Å². The van der Waals surface area contributed by atoms with Crippen LogP contribution in [0.5, 0.6) is 0 Å². The molecular weight excluding hydrogens is 202 g/mol. The summed E-state index contributed by atoms with van der Waals surface area (Å²) in [7, 11) is 3.90. The highest BCUT2D eigenvalue weighted by Crippen LogP contribution is 2.07. The number of benzene rings is 1. The van der Waals surface area contributed by atoms with Gasteiger partial charge >= 0.3 is 0 Å². The van der Waals surface area contributed by atoms with Gasteiger partial charge < -0.3 is 4.90 Å². The Labute approximate surface area is 94.0 Å². The second-order valence-electron chi connectivity index (χ2n) is 3.56. The molecule has 2 aromatic rings. The van der Waals surface area contributed by atoms with Crippen LogP contribution in [0, 0.1) is 0 Å². The molecule has 1 aromatic heterocycles. The Bertz CT molecular complexity index is 472. The van der Waals surface area contributed by atoms with Crippen LogP contribution in [0.4, 0.5) is 0 Å². The first kappa shape index (κ1) is 10.4. The molecule has 0 saturated heterocycles. The molecule has 0 spiro atoms. The Morgan fingerprint density at radius 1 is 1.19 bits per heavy atom. The first-order valence-corrected chi connectivity index (χ1v) is 4.96. The summed E-state index contributed by atoms with van der Waals surface area (Å²) in [6.07, 6.45) is 3.78. The third kappa shape index (κ3) is 2.25. The number of hydrogen-bond donors (Lipinski definition) is 0. The van der Waals surface area contributed by atoms with Crippen LogP contribution in [0.15, 0.2) is 36.5 Å². The zero-order chi connectivity index (χ0) is 11.4. The first-order valence-electron chi connectivity index (χ1n) is 4.96. The number of nitrogens with zero attached hydrogens (tertiary/aromatic N) is 5. The van der Waals surface area contributed by atoms with E-state index in [9.17, 15) is 0 Å². The maximum Gasteiger partial charge on any atom is 0.181 e. The van der Waals surface area contributed by atoms with E-state index in [1.165, 1.54) is 0 Å². The summed E-state index contributed by atoms with van der Waals surface area (Å²) in [4.78, 5) is 1.93. The van der Waals surface area contributed by atoms with E-state index in [4.69, 9.17) is 0 Å². The predicted octanol–water partition coefficient (Wildman–Crippen LogP) is 1.19. The van der Waals surface area contributed by atoms with Gasteiger partial charge in [-0.1, -0.05) is 18.2 Å². The first-order chi connectivity index (χ1) is 7.77. The van der Waals surface area contributed by atoms with Gasteiger partial charge in [-0.25, -0.2) is 0 Å². The lowest BCUT2D eigenvalue weighted by molar-refractivity contribution is 0.567. The summed E-state index contributed by atoms with van der Waals surface area (Å²) in [6, 6.07) is 9.79. The smallest absolute Gasteiger partial charge is 0.181 e. The molecule has 0 unspecified atom stereocenters. The fraction of sp³-hybridized carbons (Fsp3) is 0.182. The molecular formula is C11H13N5. The van der Waals surface area contributed by atoms with Crippen LogP contribution >= 0.6 is 0 Å². The number of tetrazole rings is 1. The lowest BCUT2D eigenvalue weighted by atomic mass is 10.3. The van der Waals surface area contributed by atoms with Gasteiger partial charge in [-0.05, 0) is 22.6 Å². The maximum atomic E-state index is 3.95. The predicted molar refractivity (Wildman–Crippen MR) is 61.9 cm³/mol. The molecule has 1 heterocycles. The van der Waals surface area contributed by atoms with Crippen molar-refractivity contribution in [1.29, 1.82) is 0 Å². The molecule has 0 fully saturated rings. The normalized spacial score (nSPS) is 10.9. The van der Waals surface area contributed by atoms with Crippen LogP contribution in [-0.4, -0.2) is 39.2 Å². The van der Waals surface area contributed by atoms with Crippen LogP contribution in [0.2, 0.25) is 0 Å². The minimum atomic E-state index is 0.708. The Hall–Kier alpha value is -2.17. The molecule has 2 rings (SSSR count). The van der Waals surface area contributed by atoms with Gasteiger partial charge in [0.2, 0.25) is 0 Å². The van der Waals surface area contributed by atoms with Gasteiger partial charge in [-0.3, -0.25) is 0 Å². The number of aromatic nitrogens is 4. The Morgan fingerprint density at radius 3 is 2.62 bits per heavy atom. The highest BCUT2D eigenvalue weighted by Gasteiger charge is 2.03.